The van der Waals surface area contributed by atoms with Crippen molar-refractivity contribution in [1.29, 1.82) is 0 Å². The fourth-order valence-corrected chi connectivity index (χ4v) is 2.52. The molecule has 1 N–H and O–H groups in total. The first-order valence-electron chi connectivity index (χ1n) is 7.94. The average molecular weight is 268 g/mol. The van der Waals surface area contributed by atoms with E-state index in [4.69, 9.17) is 0 Å². The summed E-state index contributed by atoms with van der Waals surface area (Å²) < 4.78 is 0. The van der Waals surface area contributed by atoms with Crippen LogP contribution in [0.15, 0.2) is 0 Å². The third kappa shape index (κ3) is 5.52. The molecule has 0 radical (unpaired) electrons. The quantitative estimate of drug-likeness (QED) is 0.770. The SMILES string of the molecule is CC(C)CCN(CCC(C)C)C(=O)C1NCCC1C. The Morgan fingerprint density at radius 1 is 1.16 bits per heavy atom. The van der Waals surface area contributed by atoms with Gasteiger partial charge in [0.2, 0.25) is 5.91 Å². The van der Waals surface area contributed by atoms with Gasteiger partial charge in [-0.05, 0) is 43.6 Å². The predicted molar refractivity (Wildman–Crippen MR) is 81.1 cm³/mol. The Morgan fingerprint density at radius 3 is 2.05 bits per heavy atom. The second kappa shape index (κ2) is 7.88. The fourth-order valence-electron chi connectivity index (χ4n) is 2.52. The van der Waals surface area contributed by atoms with E-state index in [1.165, 1.54) is 0 Å². The molecule has 112 valence electrons. The van der Waals surface area contributed by atoms with Crippen molar-refractivity contribution in [1.82, 2.24) is 10.2 Å². The van der Waals surface area contributed by atoms with E-state index in [9.17, 15) is 4.79 Å². The molecule has 1 heterocycles. The van der Waals surface area contributed by atoms with Crippen molar-refractivity contribution >= 4 is 5.91 Å². The number of hydrogen-bond acceptors (Lipinski definition) is 2. The van der Waals surface area contributed by atoms with Gasteiger partial charge in [0.15, 0.2) is 0 Å². The summed E-state index contributed by atoms with van der Waals surface area (Å²) >= 11 is 0. The van der Waals surface area contributed by atoms with Gasteiger partial charge in [0.05, 0.1) is 6.04 Å². The van der Waals surface area contributed by atoms with E-state index in [-0.39, 0.29) is 6.04 Å². The summed E-state index contributed by atoms with van der Waals surface area (Å²) in [5, 5.41) is 3.37. The van der Waals surface area contributed by atoms with Gasteiger partial charge in [0.1, 0.15) is 0 Å². The summed E-state index contributed by atoms with van der Waals surface area (Å²) in [5.74, 6) is 2.12. The van der Waals surface area contributed by atoms with Gasteiger partial charge >= 0.3 is 0 Å². The molecule has 3 heteroatoms. The van der Waals surface area contributed by atoms with Crippen molar-refractivity contribution in [3.05, 3.63) is 0 Å². The maximum atomic E-state index is 12.6. The maximum Gasteiger partial charge on any atom is 0.239 e. The van der Waals surface area contributed by atoms with E-state index < -0.39 is 0 Å². The average Bonchev–Trinajstić information content (AvgIpc) is 2.74. The van der Waals surface area contributed by atoms with E-state index >= 15 is 0 Å². The molecule has 0 aromatic rings. The lowest BCUT2D eigenvalue weighted by molar-refractivity contribution is -0.134. The fraction of sp³-hybridized carbons (Fsp3) is 0.938. The van der Waals surface area contributed by atoms with Crippen molar-refractivity contribution in [2.75, 3.05) is 19.6 Å². The van der Waals surface area contributed by atoms with E-state index in [0.29, 0.717) is 23.7 Å². The highest BCUT2D eigenvalue weighted by Gasteiger charge is 2.32. The van der Waals surface area contributed by atoms with Crippen LogP contribution >= 0.6 is 0 Å². The second-order valence-corrected chi connectivity index (χ2v) is 6.89. The molecule has 0 aromatic heterocycles. The molecule has 0 saturated carbocycles. The summed E-state index contributed by atoms with van der Waals surface area (Å²) in [4.78, 5) is 14.7. The van der Waals surface area contributed by atoms with Gasteiger partial charge in [0, 0.05) is 13.1 Å². The highest BCUT2D eigenvalue weighted by Crippen LogP contribution is 2.18. The molecule has 0 aromatic carbocycles. The van der Waals surface area contributed by atoms with Crippen LogP contribution < -0.4 is 5.32 Å². The first kappa shape index (κ1) is 16.5. The topological polar surface area (TPSA) is 32.3 Å². The molecule has 2 unspecified atom stereocenters. The normalized spacial score (nSPS) is 23.3. The third-order valence-electron chi connectivity index (χ3n) is 4.06. The zero-order valence-electron chi connectivity index (χ0n) is 13.4. The molecule has 0 aliphatic carbocycles. The molecule has 1 amide bonds. The van der Waals surface area contributed by atoms with Gasteiger partial charge in [0.25, 0.3) is 0 Å². The summed E-state index contributed by atoms with van der Waals surface area (Å²) in [6.45, 7) is 13.9. The minimum Gasteiger partial charge on any atom is -0.341 e. The third-order valence-corrected chi connectivity index (χ3v) is 4.06. The van der Waals surface area contributed by atoms with Gasteiger partial charge < -0.3 is 10.2 Å². The molecule has 0 spiro atoms. The number of amides is 1. The summed E-state index contributed by atoms with van der Waals surface area (Å²) in [6, 6.07) is 0.0549. The number of carbonyl (C=O) groups is 1. The van der Waals surface area contributed by atoms with Crippen molar-refractivity contribution in [3.63, 3.8) is 0 Å². The Hall–Kier alpha value is -0.570. The van der Waals surface area contributed by atoms with Crippen molar-refractivity contribution in [2.24, 2.45) is 17.8 Å². The molecule has 1 aliphatic heterocycles. The molecular formula is C16H32N2O. The highest BCUT2D eigenvalue weighted by atomic mass is 16.2. The van der Waals surface area contributed by atoms with E-state index in [2.05, 4.69) is 44.8 Å². The van der Waals surface area contributed by atoms with Crippen LogP contribution in [-0.4, -0.2) is 36.5 Å². The molecule has 1 aliphatic rings. The number of nitrogens with zero attached hydrogens (tertiary/aromatic N) is 1. The lowest BCUT2D eigenvalue weighted by atomic mass is 10.0. The summed E-state index contributed by atoms with van der Waals surface area (Å²) in [6.07, 6.45) is 3.33. The van der Waals surface area contributed by atoms with E-state index in [1.807, 2.05) is 0 Å². The van der Waals surface area contributed by atoms with Crippen LogP contribution in [0, 0.1) is 17.8 Å². The predicted octanol–water partition coefficient (Wildman–Crippen LogP) is 2.91. The summed E-state index contributed by atoms with van der Waals surface area (Å²) in [7, 11) is 0. The smallest absolute Gasteiger partial charge is 0.239 e. The number of hydrogen-bond donors (Lipinski definition) is 1. The number of rotatable bonds is 7. The maximum absolute atomic E-state index is 12.6. The van der Waals surface area contributed by atoms with Gasteiger partial charge in [-0.15, -0.1) is 0 Å². The minimum atomic E-state index is 0.0549. The van der Waals surface area contributed by atoms with Gasteiger partial charge in [-0.1, -0.05) is 34.6 Å². The molecule has 1 rings (SSSR count). The largest absolute Gasteiger partial charge is 0.341 e. The standard InChI is InChI=1S/C16H32N2O/c1-12(2)7-10-18(11-8-13(3)4)16(19)15-14(5)6-9-17-15/h12-15,17H,6-11H2,1-5H3. The van der Waals surface area contributed by atoms with Crippen LogP contribution in [0.4, 0.5) is 0 Å². The van der Waals surface area contributed by atoms with Crippen LogP contribution in [0.25, 0.3) is 0 Å². The zero-order chi connectivity index (χ0) is 14.4. The van der Waals surface area contributed by atoms with Crippen LogP contribution in [0.5, 0.6) is 0 Å². The van der Waals surface area contributed by atoms with Crippen LogP contribution in [-0.2, 0) is 4.79 Å². The van der Waals surface area contributed by atoms with Gasteiger partial charge in [-0.25, -0.2) is 0 Å². The molecule has 19 heavy (non-hydrogen) atoms. The number of carbonyl (C=O) groups excluding carboxylic acids is 1. The van der Waals surface area contributed by atoms with Gasteiger partial charge in [-0.3, -0.25) is 4.79 Å². The monoisotopic (exact) mass is 268 g/mol. The Morgan fingerprint density at radius 2 is 1.68 bits per heavy atom. The Kier molecular flexibility index (Phi) is 6.84. The van der Waals surface area contributed by atoms with Crippen LogP contribution in [0.1, 0.15) is 53.9 Å². The minimum absolute atomic E-state index is 0.0549. The molecular weight excluding hydrogens is 236 g/mol. The van der Waals surface area contributed by atoms with Crippen LogP contribution in [0.2, 0.25) is 0 Å². The first-order chi connectivity index (χ1) is 8.91. The zero-order valence-corrected chi connectivity index (χ0v) is 13.4. The van der Waals surface area contributed by atoms with E-state index in [0.717, 1.165) is 38.9 Å². The molecule has 2 atom stereocenters. The lowest BCUT2D eigenvalue weighted by Crippen LogP contribution is -2.47. The second-order valence-electron chi connectivity index (χ2n) is 6.89. The Labute approximate surface area is 119 Å². The molecule has 3 nitrogen and oxygen atoms in total. The van der Waals surface area contributed by atoms with Crippen molar-refractivity contribution in [3.8, 4) is 0 Å². The summed E-state index contributed by atoms with van der Waals surface area (Å²) in [5.41, 5.74) is 0. The first-order valence-corrected chi connectivity index (χ1v) is 7.94. The highest BCUT2D eigenvalue weighted by molar-refractivity contribution is 5.82. The van der Waals surface area contributed by atoms with E-state index in [1.54, 1.807) is 0 Å². The van der Waals surface area contributed by atoms with Gasteiger partial charge in [-0.2, -0.15) is 0 Å². The van der Waals surface area contributed by atoms with Crippen molar-refractivity contribution in [2.45, 2.75) is 59.9 Å². The molecule has 0 bridgehead atoms. The molecule has 1 fully saturated rings. The molecule has 1 saturated heterocycles. The Bertz CT molecular complexity index is 264. The Balaban J connectivity index is 2.57. The van der Waals surface area contributed by atoms with Crippen LogP contribution in [0.3, 0.4) is 0 Å². The number of nitrogens with one attached hydrogen (secondary N) is 1. The van der Waals surface area contributed by atoms with Crippen molar-refractivity contribution < 1.29 is 4.79 Å². The lowest BCUT2D eigenvalue weighted by Gasteiger charge is -2.28.